The zero-order chi connectivity index (χ0) is 14.5. The van der Waals surface area contributed by atoms with Crippen molar-refractivity contribution in [2.75, 3.05) is 6.61 Å². The molecule has 0 unspecified atom stereocenters. The predicted octanol–water partition coefficient (Wildman–Crippen LogP) is 4.91. The number of halogens is 2. The van der Waals surface area contributed by atoms with Crippen LogP contribution in [0.25, 0.3) is 0 Å². The van der Waals surface area contributed by atoms with Gasteiger partial charge in [-0.1, -0.05) is 28.1 Å². The number of phenolic OH excluding ortho intramolecular Hbond substituents is 1. The Hall–Kier alpha value is -1.08. The van der Waals surface area contributed by atoms with Crippen molar-refractivity contribution in [1.82, 2.24) is 0 Å². The molecule has 0 aliphatic rings. The highest BCUT2D eigenvalue weighted by Gasteiger charge is 2.06. The zero-order valence-corrected chi connectivity index (χ0v) is 14.6. The molecule has 1 N–H and O–H groups in total. The fourth-order valence-corrected chi connectivity index (χ4v) is 3.22. The maximum Gasteiger partial charge on any atom is 0.144 e. The van der Waals surface area contributed by atoms with E-state index in [9.17, 15) is 5.11 Å². The van der Waals surface area contributed by atoms with Crippen LogP contribution < -0.4 is 4.74 Å². The van der Waals surface area contributed by atoms with Crippen molar-refractivity contribution in [2.45, 2.75) is 6.92 Å². The minimum absolute atomic E-state index is 0.228. The second kappa shape index (κ2) is 7.08. The molecule has 0 aliphatic carbocycles. The van der Waals surface area contributed by atoms with Gasteiger partial charge in [0.05, 0.1) is 10.2 Å². The van der Waals surface area contributed by atoms with Crippen molar-refractivity contribution in [3.8, 4) is 11.5 Å². The van der Waals surface area contributed by atoms with E-state index in [0.29, 0.717) is 12.2 Å². The third-order valence-corrected chi connectivity index (χ3v) is 3.85. The van der Waals surface area contributed by atoms with Crippen LogP contribution in [-0.2, 0) is 0 Å². The maximum atomic E-state index is 10.0. The highest BCUT2D eigenvalue weighted by molar-refractivity contribution is 14.1. The van der Waals surface area contributed by atoms with E-state index in [1.165, 1.54) is 0 Å². The summed E-state index contributed by atoms with van der Waals surface area (Å²) < 4.78 is 7.19. The van der Waals surface area contributed by atoms with Crippen LogP contribution in [0.4, 0.5) is 5.69 Å². The second-order valence-corrected chi connectivity index (χ2v) is 6.06. The lowest BCUT2D eigenvalue weighted by molar-refractivity contribution is 0.341. The number of ether oxygens (including phenoxy) is 1. The monoisotopic (exact) mass is 445 g/mol. The van der Waals surface area contributed by atoms with E-state index >= 15 is 0 Å². The number of aliphatic imine (C=N–C) groups is 1. The number of benzene rings is 2. The first-order valence-corrected chi connectivity index (χ1v) is 7.93. The Labute approximate surface area is 140 Å². The van der Waals surface area contributed by atoms with Crippen molar-refractivity contribution in [2.24, 2.45) is 4.99 Å². The molecule has 2 rings (SSSR count). The Kier molecular flexibility index (Phi) is 5.42. The number of rotatable bonds is 4. The summed E-state index contributed by atoms with van der Waals surface area (Å²) in [5.74, 6) is 0.960. The molecule has 104 valence electrons. The van der Waals surface area contributed by atoms with Crippen molar-refractivity contribution in [3.63, 3.8) is 0 Å². The van der Waals surface area contributed by atoms with Gasteiger partial charge in [0.2, 0.25) is 0 Å². The fraction of sp³-hybridized carbons (Fsp3) is 0.133. The molecule has 3 nitrogen and oxygen atoms in total. The molecule has 2 aromatic rings. The van der Waals surface area contributed by atoms with Gasteiger partial charge in [0, 0.05) is 16.3 Å². The standard InChI is InChI=1S/C15H13BrINO2/c1-2-20-14-6-4-3-5-13(14)18-9-10-7-11(16)8-12(17)15(10)19/h3-9,19H,2H2,1H3. The smallest absolute Gasteiger partial charge is 0.144 e. The molecule has 0 saturated heterocycles. The molecule has 0 bridgehead atoms. The first-order valence-electron chi connectivity index (χ1n) is 6.05. The molecule has 0 atom stereocenters. The lowest BCUT2D eigenvalue weighted by Gasteiger charge is -2.06. The summed E-state index contributed by atoms with van der Waals surface area (Å²) in [7, 11) is 0. The summed E-state index contributed by atoms with van der Waals surface area (Å²) in [6, 6.07) is 11.2. The minimum atomic E-state index is 0.228. The van der Waals surface area contributed by atoms with Gasteiger partial charge in [-0.05, 0) is 53.8 Å². The molecule has 0 saturated carbocycles. The van der Waals surface area contributed by atoms with Crippen molar-refractivity contribution < 1.29 is 9.84 Å². The molecule has 20 heavy (non-hydrogen) atoms. The third-order valence-electron chi connectivity index (χ3n) is 2.57. The molecule has 2 aromatic carbocycles. The Balaban J connectivity index is 2.35. The van der Waals surface area contributed by atoms with Gasteiger partial charge >= 0.3 is 0 Å². The summed E-state index contributed by atoms with van der Waals surface area (Å²) in [6.07, 6.45) is 1.64. The van der Waals surface area contributed by atoms with E-state index < -0.39 is 0 Å². The van der Waals surface area contributed by atoms with Gasteiger partial charge in [0.15, 0.2) is 0 Å². The Morgan fingerprint density at radius 2 is 2.10 bits per heavy atom. The molecule has 0 aromatic heterocycles. The Morgan fingerprint density at radius 3 is 2.85 bits per heavy atom. The topological polar surface area (TPSA) is 41.8 Å². The van der Waals surface area contributed by atoms with Crippen LogP contribution in [0.15, 0.2) is 45.9 Å². The van der Waals surface area contributed by atoms with Crippen LogP contribution in [0.1, 0.15) is 12.5 Å². The molecule has 0 spiro atoms. The zero-order valence-electron chi connectivity index (χ0n) is 10.8. The van der Waals surface area contributed by atoms with Crippen molar-refractivity contribution >= 4 is 50.4 Å². The van der Waals surface area contributed by atoms with Crippen LogP contribution in [0.3, 0.4) is 0 Å². The molecule has 0 heterocycles. The summed E-state index contributed by atoms with van der Waals surface area (Å²) in [4.78, 5) is 4.40. The molecule has 0 fully saturated rings. The molecule has 0 aliphatic heterocycles. The fourth-order valence-electron chi connectivity index (χ4n) is 1.66. The number of para-hydroxylation sites is 2. The van der Waals surface area contributed by atoms with Crippen LogP contribution in [0, 0.1) is 3.57 Å². The van der Waals surface area contributed by atoms with E-state index in [-0.39, 0.29) is 5.75 Å². The molecule has 0 radical (unpaired) electrons. The number of aromatic hydroxyl groups is 1. The van der Waals surface area contributed by atoms with Gasteiger partial charge < -0.3 is 9.84 Å². The van der Waals surface area contributed by atoms with Gasteiger partial charge in [0.1, 0.15) is 17.2 Å². The largest absolute Gasteiger partial charge is 0.506 e. The molecular formula is C15H13BrINO2. The quantitative estimate of drug-likeness (QED) is 0.536. The van der Waals surface area contributed by atoms with Gasteiger partial charge in [-0.3, -0.25) is 4.99 Å². The van der Waals surface area contributed by atoms with E-state index in [4.69, 9.17) is 4.74 Å². The lowest BCUT2D eigenvalue weighted by Crippen LogP contribution is -1.91. The van der Waals surface area contributed by atoms with Crippen LogP contribution in [-0.4, -0.2) is 17.9 Å². The Morgan fingerprint density at radius 1 is 1.35 bits per heavy atom. The average Bonchev–Trinajstić information content (AvgIpc) is 2.43. The SMILES string of the molecule is CCOc1ccccc1N=Cc1cc(Br)cc(I)c1O. The van der Waals surface area contributed by atoms with Crippen molar-refractivity contribution in [1.29, 1.82) is 0 Å². The number of hydrogen-bond acceptors (Lipinski definition) is 3. The van der Waals surface area contributed by atoms with Crippen LogP contribution in [0.5, 0.6) is 11.5 Å². The number of phenols is 1. The van der Waals surface area contributed by atoms with Gasteiger partial charge in [-0.2, -0.15) is 0 Å². The third kappa shape index (κ3) is 3.73. The van der Waals surface area contributed by atoms with E-state index in [1.54, 1.807) is 6.21 Å². The highest BCUT2D eigenvalue weighted by Crippen LogP contribution is 2.30. The lowest BCUT2D eigenvalue weighted by atomic mass is 10.2. The summed E-state index contributed by atoms with van der Waals surface area (Å²) in [6.45, 7) is 2.52. The van der Waals surface area contributed by atoms with Gasteiger partial charge in [0.25, 0.3) is 0 Å². The summed E-state index contributed by atoms with van der Waals surface area (Å²) in [5.41, 5.74) is 1.40. The minimum Gasteiger partial charge on any atom is -0.506 e. The summed E-state index contributed by atoms with van der Waals surface area (Å²) in [5, 5.41) is 10.0. The van der Waals surface area contributed by atoms with E-state index in [0.717, 1.165) is 19.5 Å². The average molecular weight is 446 g/mol. The van der Waals surface area contributed by atoms with Crippen molar-refractivity contribution in [3.05, 3.63) is 50.0 Å². The molecular weight excluding hydrogens is 433 g/mol. The first kappa shape index (κ1) is 15.3. The van der Waals surface area contributed by atoms with Crippen LogP contribution >= 0.6 is 38.5 Å². The summed E-state index contributed by atoms with van der Waals surface area (Å²) >= 11 is 5.49. The second-order valence-electron chi connectivity index (χ2n) is 3.98. The number of nitrogens with zero attached hydrogens (tertiary/aromatic N) is 1. The highest BCUT2D eigenvalue weighted by atomic mass is 127. The molecule has 0 amide bonds. The van der Waals surface area contributed by atoms with Crippen LogP contribution in [0.2, 0.25) is 0 Å². The maximum absolute atomic E-state index is 10.0. The normalized spacial score (nSPS) is 10.9. The van der Waals surface area contributed by atoms with E-state index in [2.05, 4.69) is 43.5 Å². The van der Waals surface area contributed by atoms with Gasteiger partial charge in [-0.15, -0.1) is 0 Å². The first-order chi connectivity index (χ1) is 9.61. The number of hydrogen-bond donors (Lipinski definition) is 1. The molecule has 5 heteroatoms. The Bertz CT molecular complexity index is 644. The van der Waals surface area contributed by atoms with Gasteiger partial charge in [-0.25, -0.2) is 0 Å². The van der Waals surface area contributed by atoms with E-state index in [1.807, 2.05) is 43.3 Å². The predicted molar refractivity (Wildman–Crippen MR) is 93.4 cm³/mol.